The lowest BCUT2D eigenvalue weighted by Gasteiger charge is -2.29. The van der Waals surface area contributed by atoms with E-state index in [2.05, 4.69) is 5.32 Å². The third-order valence-electron chi connectivity index (χ3n) is 3.43. The highest BCUT2D eigenvalue weighted by Crippen LogP contribution is 2.22. The van der Waals surface area contributed by atoms with Gasteiger partial charge in [0.15, 0.2) is 0 Å². The molecular weight excluding hydrogens is 277 g/mol. The van der Waals surface area contributed by atoms with Gasteiger partial charge in [-0.05, 0) is 18.6 Å². The summed E-state index contributed by atoms with van der Waals surface area (Å²) in [4.78, 5) is 0. The Labute approximate surface area is 123 Å². The maximum absolute atomic E-state index is 13.8. The van der Waals surface area contributed by atoms with Gasteiger partial charge in [-0.2, -0.15) is 0 Å². The Balaban J connectivity index is 2.17. The molecule has 0 heterocycles. The van der Waals surface area contributed by atoms with Crippen LogP contribution in [0.25, 0.3) is 0 Å². The molecule has 2 aromatic rings. The number of benzene rings is 2. The van der Waals surface area contributed by atoms with Crippen molar-refractivity contribution in [1.29, 1.82) is 0 Å². The fourth-order valence-corrected chi connectivity index (χ4v) is 2.22. The van der Waals surface area contributed by atoms with Crippen LogP contribution in [0.1, 0.15) is 18.1 Å². The zero-order valence-electron chi connectivity index (χ0n) is 11.2. The van der Waals surface area contributed by atoms with E-state index in [1.807, 2.05) is 37.3 Å². The van der Waals surface area contributed by atoms with Gasteiger partial charge in [0, 0.05) is 12.1 Å². The highest BCUT2D eigenvalue weighted by atomic mass is 35.5. The Bertz CT molecular complexity index is 576. The minimum absolute atomic E-state index is 0.0841. The molecule has 0 aromatic heterocycles. The van der Waals surface area contributed by atoms with Crippen molar-refractivity contribution in [3.05, 3.63) is 70.5 Å². The molecule has 0 aliphatic carbocycles. The number of rotatable bonds is 5. The van der Waals surface area contributed by atoms with Crippen LogP contribution in [0.2, 0.25) is 5.02 Å². The fraction of sp³-hybridized carbons (Fsp3) is 0.250. The number of nitrogens with one attached hydrogen (secondary N) is 1. The normalized spacial score (nSPS) is 14.0. The van der Waals surface area contributed by atoms with Crippen molar-refractivity contribution in [2.24, 2.45) is 0 Å². The summed E-state index contributed by atoms with van der Waals surface area (Å²) < 4.78 is 13.8. The third kappa shape index (κ3) is 3.18. The second-order valence-electron chi connectivity index (χ2n) is 4.92. The smallest absolute Gasteiger partial charge is 0.146 e. The molecule has 0 aliphatic heterocycles. The van der Waals surface area contributed by atoms with Crippen molar-refractivity contribution in [3.8, 4) is 0 Å². The number of hydrogen-bond acceptors (Lipinski definition) is 2. The minimum Gasteiger partial charge on any atom is -0.394 e. The number of aliphatic hydroxyl groups is 1. The zero-order valence-corrected chi connectivity index (χ0v) is 12.0. The highest BCUT2D eigenvalue weighted by molar-refractivity contribution is 6.30. The molecule has 0 spiro atoms. The van der Waals surface area contributed by atoms with E-state index < -0.39 is 11.4 Å². The Kier molecular flexibility index (Phi) is 4.76. The maximum Gasteiger partial charge on any atom is 0.146 e. The van der Waals surface area contributed by atoms with Crippen molar-refractivity contribution >= 4 is 11.6 Å². The molecule has 0 radical (unpaired) electrons. The summed E-state index contributed by atoms with van der Waals surface area (Å²) in [5.41, 5.74) is 0.800. The quantitative estimate of drug-likeness (QED) is 0.885. The van der Waals surface area contributed by atoms with Crippen molar-refractivity contribution in [2.75, 3.05) is 6.61 Å². The summed E-state index contributed by atoms with van der Waals surface area (Å²) in [5.74, 6) is -0.421. The Morgan fingerprint density at radius 3 is 2.50 bits per heavy atom. The fourth-order valence-electron chi connectivity index (χ4n) is 2.03. The van der Waals surface area contributed by atoms with E-state index in [0.717, 1.165) is 5.56 Å². The summed E-state index contributed by atoms with van der Waals surface area (Å²) in [5, 5.41) is 13.0. The molecule has 1 unspecified atom stereocenters. The molecule has 0 fully saturated rings. The first-order chi connectivity index (χ1) is 9.57. The maximum atomic E-state index is 13.8. The van der Waals surface area contributed by atoms with Gasteiger partial charge in [0.05, 0.1) is 17.2 Å². The van der Waals surface area contributed by atoms with Crippen molar-refractivity contribution in [1.82, 2.24) is 5.32 Å². The zero-order chi connectivity index (χ0) is 14.6. The summed E-state index contributed by atoms with van der Waals surface area (Å²) >= 11 is 5.76. The summed E-state index contributed by atoms with van der Waals surface area (Å²) in [6, 6.07) is 14.5. The van der Waals surface area contributed by atoms with Gasteiger partial charge in [0.25, 0.3) is 0 Å². The van der Waals surface area contributed by atoms with E-state index in [-0.39, 0.29) is 11.6 Å². The second kappa shape index (κ2) is 6.35. The van der Waals surface area contributed by atoms with Crippen LogP contribution in [0.5, 0.6) is 0 Å². The van der Waals surface area contributed by atoms with Gasteiger partial charge in [-0.15, -0.1) is 0 Å². The van der Waals surface area contributed by atoms with E-state index >= 15 is 0 Å². The lowest BCUT2D eigenvalue weighted by molar-refractivity contribution is 0.173. The molecule has 0 saturated carbocycles. The van der Waals surface area contributed by atoms with Gasteiger partial charge in [0.2, 0.25) is 0 Å². The largest absolute Gasteiger partial charge is 0.394 e. The minimum atomic E-state index is -0.629. The standard InChI is InChI=1S/C16H17ClFNO/c1-16(11-20,13-7-3-2-4-8-13)19-10-12-6-5-9-14(17)15(12)18/h2-9,19-20H,10-11H2,1H3. The first-order valence-corrected chi connectivity index (χ1v) is 6.79. The number of halogens is 2. The average molecular weight is 294 g/mol. The first kappa shape index (κ1) is 15.0. The van der Waals surface area contributed by atoms with Crippen LogP contribution < -0.4 is 5.32 Å². The molecule has 0 aliphatic rings. The van der Waals surface area contributed by atoms with Crippen LogP contribution in [-0.2, 0) is 12.1 Å². The Morgan fingerprint density at radius 1 is 1.15 bits per heavy atom. The van der Waals surface area contributed by atoms with Gasteiger partial charge in [-0.3, -0.25) is 0 Å². The van der Waals surface area contributed by atoms with Crippen LogP contribution in [-0.4, -0.2) is 11.7 Å². The Morgan fingerprint density at radius 2 is 1.85 bits per heavy atom. The molecule has 20 heavy (non-hydrogen) atoms. The van der Waals surface area contributed by atoms with Crippen LogP contribution in [0.15, 0.2) is 48.5 Å². The molecule has 1 atom stereocenters. The molecule has 2 rings (SSSR count). The van der Waals surface area contributed by atoms with Crippen molar-refractivity contribution < 1.29 is 9.50 Å². The van der Waals surface area contributed by atoms with Gasteiger partial charge in [-0.1, -0.05) is 54.1 Å². The van der Waals surface area contributed by atoms with E-state index in [4.69, 9.17) is 11.6 Å². The SMILES string of the molecule is CC(CO)(NCc1cccc(Cl)c1F)c1ccccc1. The van der Waals surface area contributed by atoms with Crippen LogP contribution in [0, 0.1) is 5.82 Å². The third-order valence-corrected chi connectivity index (χ3v) is 3.72. The molecule has 0 amide bonds. The summed E-state index contributed by atoms with van der Waals surface area (Å²) in [6.45, 7) is 2.09. The van der Waals surface area contributed by atoms with Gasteiger partial charge in [-0.25, -0.2) is 4.39 Å². The highest BCUT2D eigenvalue weighted by Gasteiger charge is 2.25. The topological polar surface area (TPSA) is 32.3 Å². The summed E-state index contributed by atoms with van der Waals surface area (Å²) in [6.07, 6.45) is 0. The predicted molar refractivity (Wildman–Crippen MR) is 79.1 cm³/mol. The molecule has 0 bridgehead atoms. The summed E-state index contributed by atoms with van der Waals surface area (Å²) in [7, 11) is 0. The van der Waals surface area contributed by atoms with Crippen molar-refractivity contribution in [3.63, 3.8) is 0 Å². The van der Waals surface area contributed by atoms with E-state index in [1.54, 1.807) is 12.1 Å². The van der Waals surface area contributed by atoms with Crippen LogP contribution in [0.4, 0.5) is 4.39 Å². The lowest BCUT2D eigenvalue weighted by Crippen LogP contribution is -2.42. The molecule has 2 N–H and O–H groups in total. The molecule has 0 saturated heterocycles. The Hall–Kier alpha value is -1.42. The van der Waals surface area contributed by atoms with Gasteiger partial charge >= 0.3 is 0 Å². The first-order valence-electron chi connectivity index (χ1n) is 6.41. The van der Waals surface area contributed by atoms with Gasteiger partial charge in [0.1, 0.15) is 5.82 Å². The monoisotopic (exact) mass is 293 g/mol. The molecule has 106 valence electrons. The molecule has 2 nitrogen and oxygen atoms in total. The molecule has 4 heteroatoms. The average Bonchev–Trinajstić information content (AvgIpc) is 2.49. The van der Waals surface area contributed by atoms with E-state index in [9.17, 15) is 9.50 Å². The molecule has 2 aromatic carbocycles. The number of hydrogen-bond donors (Lipinski definition) is 2. The molecular formula is C16H17ClFNO. The lowest BCUT2D eigenvalue weighted by atomic mass is 9.92. The van der Waals surface area contributed by atoms with Crippen LogP contribution in [0.3, 0.4) is 0 Å². The predicted octanol–water partition coefficient (Wildman–Crippen LogP) is 3.48. The second-order valence-corrected chi connectivity index (χ2v) is 5.33. The van der Waals surface area contributed by atoms with E-state index in [0.29, 0.717) is 12.1 Å². The van der Waals surface area contributed by atoms with Crippen molar-refractivity contribution in [2.45, 2.75) is 19.0 Å². The van der Waals surface area contributed by atoms with Crippen LogP contribution >= 0.6 is 11.6 Å². The number of aliphatic hydroxyl groups excluding tert-OH is 1. The van der Waals surface area contributed by atoms with E-state index in [1.165, 1.54) is 6.07 Å². The van der Waals surface area contributed by atoms with Gasteiger partial charge < -0.3 is 10.4 Å².